The first-order valence-electron chi connectivity index (χ1n) is 12.4. The third kappa shape index (κ3) is 9.88. The van der Waals surface area contributed by atoms with Crippen LogP contribution in [0.15, 0.2) is 53.4 Å². The Balaban J connectivity index is 2.14. The van der Waals surface area contributed by atoms with E-state index in [2.05, 4.69) is 10.0 Å². The van der Waals surface area contributed by atoms with Crippen molar-refractivity contribution in [3.05, 3.63) is 59.7 Å². The van der Waals surface area contributed by atoms with Crippen molar-refractivity contribution >= 4 is 28.0 Å². The number of carbonyl (C=O) groups excluding carboxylic acids is 3. The standard InChI is InChI=1S/C27H37N3O8S/c1-7-37-25(32)22(17-19-11-9-8-10-12-19)29-39(34,35)20-13-14-21(23(18-20)36-6)24(31)28-15-16-30(5)26(33)38-27(2,3)4/h8-14,18,22,29H,7,15-17H2,1-6H3,(H,28,31). The quantitative estimate of drug-likeness (QED) is 0.376. The number of hydrogen-bond donors (Lipinski definition) is 2. The van der Waals surface area contributed by atoms with E-state index in [1.54, 1.807) is 59.0 Å². The second-order valence-corrected chi connectivity index (χ2v) is 11.3. The largest absolute Gasteiger partial charge is 0.496 e. The number of hydrogen-bond acceptors (Lipinski definition) is 8. The van der Waals surface area contributed by atoms with E-state index in [1.807, 2.05) is 6.07 Å². The van der Waals surface area contributed by atoms with E-state index in [-0.39, 0.29) is 42.3 Å². The maximum Gasteiger partial charge on any atom is 0.410 e. The van der Waals surface area contributed by atoms with Crippen LogP contribution in [0.5, 0.6) is 5.75 Å². The lowest BCUT2D eigenvalue weighted by Crippen LogP contribution is -2.43. The molecule has 0 radical (unpaired) electrons. The molecule has 12 heteroatoms. The van der Waals surface area contributed by atoms with Crippen molar-refractivity contribution in [2.24, 2.45) is 0 Å². The van der Waals surface area contributed by atoms with E-state index in [0.29, 0.717) is 0 Å². The number of carbonyl (C=O) groups is 3. The minimum atomic E-state index is -4.19. The van der Waals surface area contributed by atoms with Gasteiger partial charge in [-0.2, -0.15) is 4.72 Å². The summed E-state index contributed by atoms with van der Waals surface area (Å²) >= 11 is 0. The molecular weight excluding hydrogens is 526 g/mol. The SMILES string of the molecule is CCOC(=O)C(Cc1ccccc1)NS(=O)(=O)c1ccc(C(=O)NCCN(C)C(=O)OC(C)(C)C)c(OC)c1. The lowest BCUT2D eigenvalue weighted by Gasteiger charge is -2.24. The summed E-state index contributed by atoms with van der Waals surface area (Å²) in [5, 5.41) is 2.67. The molecule has 0 aliphatic rings. The normalized spacial score (nSPS) is 12.3. The second-order valence-electron chi connectivity index (χ2n) is 9.64. The highest BCUT2D eigenvalue weighted by Crippen LogP contribution is 2.23. The van der Waals surface area contributed by atoms with E-state index in [1.165, 1.54) is 30.2 Å². The number of ether oxygens (including phenoxy) is 3. The van der Waals surface area contributed by atoms with Crippen LogP contribution < -0.4 is 14.8 Å². The first kappa shape index (κ1) is 31.6. The zero-order valence-corrected chi connectivity index (χ0v) is 24.0. The molecule has 39 heavy (non-hydrogen) atoms. The summed E-state index contributed by atoms with van der Waals surface area (Å²) in [6, 6.07) is 11.6. The molecule has 0 saturated carbocycles. The van der Waals surface area contributed by atoms with Gasteiger partial charge in [0.15, 0.2) is 0 Å². The van der Waals surface area contributed by atoms with Gasteiger partial charge in [-0.25, -0.2) is 13.2 Å². The number of nitrogens with one attached hydrogen (secondary N) is 2. The molecule has 2 aromatic rings. The summed E-state index contributed by atoms with van der Waals surface area (Å²) in [6.07, 6.45) is -0.432. The molecule has 0 aliphatic carbocycles. The van der Waals surface area contributed by atoms with Gasteiger partial charge in [0, 0.05) is 26.2 Å². The van der Waals surface area contributed by atoms with Crippen LogP contribution in [-0.4, -0.2) is 76.8 Å². The lowest BCUT2D eigenvalue weighted by molar-refractivity contribution is -0.145. The lowest BCUT2D eigenvalue weighted by atomic mass is 10.1. The molecule has 2 N–H and O–H groups in total. The van der Waals surface area contributed by atoms with Crippen molar-refractivity contribution < 1.29 is 37.0 Å². The molecule has 0 spiro atoms. The summed E-state index contributed by atoms with van der Waals surface area (Å²) in [5.74, 6) is -1.20. The molecule has 0 heterocycles. The summed E-state index contributed by atoms with van der Waals surface area (Å²) in [7, 11) is -1.33. The number of esters is 1. The number of likely N-dealkylation sites (N-methyl/N-ethyl adjacent to an activating group) is 1. The summed E-state index contributed by atoms with van der Waals surface area (Å²) in [4.78, 5) is 38.5. The summed E-state index contributed by atoms with van der Waals surface area (Å²) in [5.41, 5.74) is 0.208. The molecule has 214 valence electrons. The van der Waals surface area contributed by atoms with Crippen molar-refractivity contribution in [2.75, 3.05) is 33.9 Å². The van der Waals surface area contributed by atoms with Crippen LogP contribution in [-0.2, 0) is 30.7 Å². The predicted octanol–water partition coefficient (Wildman–Crippen LogP) is 2.74. The molecule has 2 rings (SSSR count). The first-order valence-corrected chi connectivity index (χ1v) is 13.9. The van der Waals surface area contributed by atoms with Gasteiger partial charge in [0.25, 0.3) is 5.91 Å². The van der Waals surface area contributed by atoms with Crippen LogP contribution in [0, 0.1) is 0 Å². The van der Waals surface area contributed by atoms with Crippen molar-refractivity contribution in [1.29, 1.82) is 0 Å². The van der Waals surface area contributed by atoms with Gasteiger partial charge in [-0.3, -0.25) is 9.59 Å². The number of rotatable bonds is 12. The zero-order chi connectivity index (χ0) is 29.2. The molecule has 1 unspecified atom stereocenters. The minimum absolute atomic E-state index is 0.0200. The number of benzene rings is 2. The Morgan fingerprint density at radius 1 is 1.05 bits per heavy atom. The van der Waals surface area contributed by atoms with Gasteiger partial charge in [-0.15, -0.1) is 0 Å². The van der Waals surface area contributed by atoms with Crippen LogP contribution in [0.25, 0.3) is 0 Å². The molecule has 0 saturated heterocycles. The Labute approximate surface area is 229 Å². The van der Waals surface area contributed by atoms with Crippen LogP contribution in [0.2, 0.25) is 0 Å². The van der Waals surface area contributed by atoms with Gasteiger partial charge in [-0.05, 0) is 51.8 Å². The monoisotopic (exact) mass is 563 g/mol. The van der Waals surface area contributed by atoms with Crippen molar-refractivity contribution in [2.45, 2.75) is 50.7 Å². The van der Waals surface area contributed by atoms with E-state index in [4.69, 9.17) is 14.2 Å². The summed E-state index contributed by atoms with van der Waals surface area (Å²) in [6.45, 7) is 7.31. The van der Waals surface area contributed by atoms with Gasteiger partial charge >= 0.3 is 12.1 Å². The number of sulfonamides is 1. The molecule has 2 aromatic carbocycles. The van der Waals surface area contributed by atoms with Crippen LogP contribution in [0.3, 0.4) is 0 Å². The maximum atomic E-state index is 13.2. The van der Waals surface area contributed by atoms with Crippen LogP contribution in [0.1, 0.15) is 43.6 Å². The van der Waals surface area contributed by atoms with Gasteiger partial charge in [0.2, 0.25) is 10.0 Å². The summed E-state index contributed by atoms with van der Waals surface area (Å²) < 4.78 is 44.4. The van der Waals surface area contributed by atoms with E-state index in [0.717, 1.165) is 5.56 Å². The fourth-order valence-electron chi connectivity index (χ4n) is 3.41. The Hall–Kier alpha value is -3.64. The Morgan fingerprint density at radius 2 is 1.72 bits per heavy atom. The van der Waals surface area contributed by atoms with Gasteiger partial charge in [-0.1, -0.05) is 30.3 Å². The third-order valence-corrected chi connectivity index (χ3v) is 6.79. The second kappa shape index (κ2) is 13.9. The van der Waals surface area contributed by atoms with Crippen molar-refractivity contribution in [1.82, 2.24) is 14.9 Å². The van der Waals surface area contributed by atoms with Crippen LogP contribution >= 0.6 is 0 Å². The third-order valence-electron chi connectivity index (χ3n) is 5.32. The Morgan fingerprint density at radius 3 is 2.31 bits per heavy atom. The highest BCUT2D eigenvalue weighted by Gasteiger charge is 2.28. The maximum absolute atomic E-state index is 13.2. The Kier molecular flexibility index (Phi) is 11.3. The first-order chi connectivity index (χ1) is 18.3. The minimum Gasteiger partial charge on any atom is -0.496 e. The molecule has 0 aromatic heterocycles. The molecule has 2 amide bonds. The van der Waals surface area contributed by atoms with Gasteiger partial charge in [0.1, 0.15) is 17.4 Å². The Bertz CT molecular complexity index is 1240. The van der Waals surface area contributed by atoms with Crippen molar-refractivity contribution in [3.63, 3.8) is 0 Å². The average molecular weight is 564 g/mol. The number of nitrogens with zero attached hydrogens (tertiary/aromatic N) is 1. The molecule has 11 nitrogen and oxygen atoms in total. The topological polar surface area (TPSA) is 140 Å². The van der Waals surface area contributed by atoms with E-state index in [9.17, 15) is 22.8 Å². The highest BCUT2D eigenvalue weighted by molar-refractivity contribution is 7.89. The van der Waals surface area contributed by atoms with E-state index >= 15 is 0 Å². The zero-order valence-electron chi connectivity index (χ0n) is 23.1. The highest BCUT2D eigenvalue weighted by atomic mass is 32.2. The molecular formula is C27H37N3O8S. The smallest absolute Gasteiger partial charge is 0.410 e. The molecule has 0 fully saturated rings. The number of amides is 2. The van der Waals surface area contributed by atoms with Crippen molar-refractivity contribution in [3.8, 4) is 5.75 Å². The molecule has 0 bridgehead atoms. The average Bonchev–Trinajstić information content (AvgIpc) is 2.87. The predicted molar refractivity (Wildman–Crippen MR) is 145 cm³/mol. The number of methoxy groups -OCH3 is 1. The van der Waals surface area contributed by atoms with E-state index < -0.39 is 39.6 Å². The van der Waals surface area contributed by atoms with Gasteiger partial charge < -0.3 is 24.4 Å². The fourth-order valence-corrected chi connectivity index (χ4v) is 4.61. The molecule has 0 aliphatic heterocycles. The fraction of sp³-hybridized carbons (Fsp3) is 0.444. The van der Waals surface area contributed by atoms with Crippen LogP contribution in [0.4, 0.5) is 4.79 Å². The molecule has 1 atom stereocenters. The van der Waals surface area contributed by atoms with Gasteiger partial charge in [0.05, 0.1) is 24.2 Å².